The maximum Gasteiger partial charge on any atom is 0.200 e. The second-order valence-electron chi connectivity index (χ2n) is 4.10. The predicted octanol–water partition coefficient (Wildman–Crippen LogP) is 2.71. The first-order chi connectivity index (χ1) is 8.81. The molecule has 0 aliphatic heterocycles. The number of benzene rings is 1. The summed E-state index contributed by atoms with van der Waals surface area (Å²) in [6.45, 7) is 2.06. The van der Waals surface area contributed by atoms with Crippen LogP contribution in [0.5, 0.6) is 5.88 Å². The van der Waals surface area contributed by atoms with Gasteiger partial charge in [-0.05, 0) is 24.6 Å². The van der Waals surface area contributed by atoms with E-state index in [1.54, 1.807) is 7.11 Å². The van der Waals surface area contributed by atoms with Crippen molar-refractivity contribution in [1.29, 1.82) is 0 Å². The molecule has 0 saturated heterocycles. The monoisotopic (exact) mass is 239 g/mol. The summed E-state index contributed by atoms with van der Waals surface area (Å²) in [6, 6.07) is 13.8. The number of fused-ring (bicyclic) bond motifs is 1. The Bertz CT molecular complexity index is 703. The Morgan fingerprint density at radius 2 is 1.83 bits per heavy atom. The van der Waals surface area contributed by atoms with Crippen molar-refractivity contribution in [3.8, 4) is 17.3 Å². The standard InChI is InChI=1S/C14H13N3O/c1-10-6-3-4-7-11(10)14-16-15-12-8-5-9-13(18-2)17(12)14/h3-9H,1-2H3. The Balaban J connectivity index is 2.34. The number of aromatic nitrogens is 3. The highest BCUT2D eigenvalue weighted by molar-refractivity contribution is 5.64. The van der Waals surface area contributed by atoms with E-state index >= 15 is 0 Å². The third-order valence-electron chi connectivity index (χ3n) is 2.99. The van der Waals surface area contributed by atoms with Crippen LogP contribution < -0.4 is 4.74 Å². The molecule has 2 heterocycles. The van der Waals surface area contributed by atoms with Crippen molar-refractivity contribution in [2.24, 2.45) is 0 Å². The van der Waals surface area contributed by atoms with E-state index in [4.69, 9.17) is 4.74 Å². The molecular weight excluding hydrogens is 226 g/mol. The zero-order chi connectivity index (χ0) is 12.5. The fraction of sp³-hybridized carbons (Fsp3) is 0.143. The molecule has 0 aliphatic carbocycles. The molecule has 3 aromatic rings. The van der Waals surface area contributed by atoms with Crippen LogP contribution in [0.1, 0.15) is 5.56 Å². The maximum absolute atomic E-state index is 5.37. The Labute approximate surface area is 105 Å². The number of nitrogens with zero attached hydrogens (tertiary/aromatic N) is 3. The fourth-order valence-corrected chi connectivity index (χ4v) is 2.07. The van der Waals surface area contributed by atoms with Gasteiger partial charge in [-0.25, -0.2) is 4.40 Å². The number of ether oxygens (including phenoxy) is 1. The summed E-state index contributed by atoms with van der Waals surface area (Å²) in [5.74, 6) is 1.54. The highest BCUT2D eigenvalue weighted by Gasteiger charge is 2.12. The third-order valence-corrected chi connectivity index (χ3v) is 2.99. The second-order valence-corrected chi connectivity index (χ2v) is 4.10. The van der Waals surface area contributed by atoms with Gasteiger partial charge in [0, 0.05) is 5.56 Å². The Hall–Kier alpha value is -2.36. The molecule has 90 valence electrons. The minimum atomic E-state index is 0.732. The second kappa shape index (κ2) is 4.14. The molecule has 4 nitrogen and oxygen atoms in total. The van der Waals surface area contributed by atoms with E-state index in [0.717, 1.165) is 28.5 Å². The number of aryl methyl sites for hydroxylation is 1. The lowest BCUT2D eigenvalue weighted by Crippen LogP contribution is -1.96. The van der Waals surface area contributed by atoms with Crippen molar-refractivity contribution in [3.05, 3.63) is 48.0 Å². The number of rotatable bonds is 2. The van der Waals surface area contributed by atoms with Crippen LogP contribution in [0.15, 0.2) is 42.5 Å². The third kappa shape index (κ3) is 1.54. The molecule has 0 fully saturated rings. The van der Waals surface area contributed by atoms with Gasteiger partial charge in [-0.15, -0.1) is 10.2 Å². The van der Waals surface area contributed by atoms with Gasteiger partial charge in [-0.2, -0.15) is 0 Å². The largest absolute Gasteiger partial charge is 0.482 e. The van der Waals surface area contributed by atoms with Crippen LogP contribution in [0.2, 0.25) is 0 Å². The predicted molar refractivity (Wildman–Crippen MR) is 69.7 cm³/mol. The first kappa shape index (κ1) is 10.8. The molecule has 0 bridgehead atoms. The Kier molecular flexibility index (Phi) is 2.48. The van der Waals surface area contributed by atoms with Crippen LogP contribution in [0.3, 0.4) is 0 Å². The SMILES string of the molecule is COc1cccc2nnc(-c3ccccc3C)n12. The first-order valence-electron chi connectivity index (χ1n) is 5.75. The average molecular weight is 239 g/mol. The molecule has 0 unspecified atom stereocenters. The minimum Gasteiger partial charge on any atom is -0.482 e. The molecule has 0 saturated carbocycles. The van der Waals surface area contributed by atoms with Crippen LogP contribution in [-0.4, -0.2) is 21.7 Å². The van der Waals surface area contributed by atoms with Gasteiger partial charge in [-0.1, -0.05) is 30.3 Å². The van der Waals surface area contributed by atoms with E-state index in [2.05, 4.69) is 23.2 Å². The molecule has 0 amide bonds. The smallest absolute Gasteiger partial charge is 0.200 e. The van der Waals surface area contributed by atoms with E-state index < -0.39 is 0 Å². The molecule has 0 atom stereocenters. The summed E-state index contributed by atoms with van der Waals surface area (Å²) in [6.07, 6.45) is 0. The van der Waals surface area contributed by atoms with E-state index in [-0.39, 0.29) is 0 Å². The van der Waals surface area contributed by atoms with Crippen molar-refractivity contribution in [2.45, 2.75) is 6.92 Å². The number of pyridine rings is 1. The number of hydrogen-bond donors (Lipinski definition) is 0. The molecule has 18 heavy (non-hydrogen) atoms. The summed E-state index contributed by atoms with van der Waals surface area (Å²) in [7, 11) is 1.65. The van der Waals surface area contributed by atoms with Crippen LogP contribution in [0.4, 0.5) is 0 Å². The Morgan fingerprint density at radius 3 is 2.61 bits per heavy atom. The van der Waals surface area contributed by atoms with Crippen molar-refractivity contribution in [3.63, 3.8) is 0 Å². The van der Waals surface area contributed by atoms with Crippen LogP contribution >= 0.6 is 0 Å². The van der Waals surface area contributed by atoms with Gasteiger partial charge in [0.2, 0.25) is 5.88 Å². The van der Waals surface area contributed by atoms with E-state index in [0.29, 0.717) is 0 Å². The van der Waals surface area contributed by atoms with Gasteiger partial charge in [0.25, 0.3) is 0 Å². The lowest BCUT2D eigenvalue weighted by atomic mass is 10.1. The van der Waals surface area contributed by atoms with Crippen molar-refractivity contribution >= 4 is 5.65 Å². The lowest BCUT2D eigenvalue weighted by Gasteiger charge is -2.07. The zero-order valence-corrected chi connectivity index (χ0v) is 10.3. The van der Waals surface area contributed by atoms with Crippen molar-refractivity contribution in [2.75, 3.05) is 7.11 Å². The van der Waals surface area contributed by atoms with Crippen LogP contribution in [0.25, 0.3) is 17.0 Å². The van der Waals surface area contributed by atoms with Gasteiger partial charge < -0.3 is 4.74 Å². The summed E-state index contributed by atoms with van der Waals surface area (Å²) in [4.78, 5) is 0. The van der Waals surface area contributed by atoms with Crippen molar-refractivity contribution < 1.29 is 4.74 Å². The molecule has 0 aliphatic rings. The molecule has 0 radical (unpaired) electrons. The minimum absolute atomic E-state index is 0.732. The molecule has 2 aromatic heterocycles. The van der Waals surface area contributed by atoms with Gasteiger partial charge in [0.05, 0.1) is 7.11 Å². The van der Waals surface area contributed by atoms with E-state index in [1.165, 1.54) is 0 Å². The topological polar surface area (TPSA) is 39.4 Å². The van der Waals surface area contributed by atoms with Gasteiger partial charge in [0.15, 0.2) is 11.5 Å². The van der Waals surface area contributed by atoms with Gasteiger partial charge in [0.1, 0.15) is 0 Å². The Morgan fingerprint density at radius 1 is 1.00 bits per heavy atom. The molecule has 0 N–H and O–H groups in total. The molecule has 3 rings (SSSR count). The summed E-state index contributed by atoms with van der Waals surface area (Å²) < 4.78 is 7.29. The lowest BCUT2D eigenvalue weighted by molar-refractivity contribution is 0.393. The van der Waals surface area contributed by atoms with Crippen molar-refractivity contribution in [1.82, 2.24) is 14.6 Å². The number of methoxy groups -OCH3 is 1. The van der Waals surface area contributed by atoms with Gasteiger partial charge in [-0.3, -0.25) is 0 Å². The van der Waals surface area contributed by atoms with Crippen LogP contribution in [-0.2, 0) is 0 Å². The average Bonchev–Trinajstić information content (AvgIpc) is 2.83. The van der Waals surface area contributed by atoms with Crippen LogP contribution in [0, 0.1) is 6.92 Å². The summed E-state index contributed by atoms with van der Waals surface area (Å²) >= 11 is 0. The first-order valence-corrected chi connectivity index (χ1v) is 5.75. The molecule has 4 heteroatoms. The highest BCUT2D eigenvalue weighted by Crippen LogP contribution is 2.25. The molecule has 0 spiro atoms. The molecular formula is C14H13N3O. The quantitative estimate of drug-likeness (QED) is 0.690. The highest BCUT2D eigenvalue weighted by atomic mass is 16.5. The molecule has 1 aromatic carbocycles. The summed E-state index contributed by atoms with van der Waals surface area (Å²) in [5.41, 5.74) is 3.01. The van der Waals surface area contributed by atoms with E-state index in [1.807, 2.05) is 40.8 Å². The normalized spacial score (nSPS) is 10.8. The number of hydrogen-bond acceptors (Lipinski definition) is 3. The fourth-order valence-electron chi connectivity index (χ4n) is 2.07. The zero-order valence-electron chi connectivity index (χ0n) is 10.3. The van der Waals surface area contributed by atoms with Gasteiger partial charge >= 0.3 is 0 Å². The maximum atomic E-state index is 5.37. The summed E-state index contributed by atoms with van der Waals surface area (Å²) in [5, 5.41) is 8.45. The van der Waals surface area contributed by atoms with E-state index in [9.17, 15) is 0 Å².